The number of ether oxygens (including phenoxy) is 1. The molecule has 32 heavy (non-hydrogen) atoms. The summed E-state index contributed by atoms with van der Waals surface area (Å²) in [5.41, 5.74) is 0.550. The zero-order valence-electron chi connectivity index (χ0n) is 16.6. The monoisotopic (exact) mass is 484 g/mol. The summed E-state index contributed by atoms with van der Waals surface area (Å²) in [5, 5.41) is 9.59. The molecule has 2 N–H and O–H groups in total. The molecule has 1 aliphatic heterocycles. The van der Waals surface area contributed by atoms with Crippen molar-refractivity contribution in [2.75, 3.05) is 17.7 Å². The van der Waals surface area contributed by atoms with E-state index >= 15 is 0 Å². The van der Waals surface area contributed by atoms with Crippen LogP contribution < -0.4 is 15.4 Å². The third-order valence-corrected chi connectivity index (χ3v) is 5.72. The van der Waals surface area contributed by atoms with Crippen molar-refractivity contribution in [1.29, 1.82) is 0 Å². The summed E-state index contributed by atoms with van der Waals surface area (Å²) in [4.78, 5) is 12.9. The Bertz CT molecular complexity index is 1150. The number of alkyl halides is 3. The van der Waals surface area contributed by atoms with Gasteiger partial charge >= 0.3 is 6.18 Å². The van der Waals surface area contributed by atoms with Gasteiger partial charge in [-0.1, -0.05) is 53.5 Å². The Morgan fingerprint density at radius 1 is 1.22 bits per heavy atom. The number of carbonyl (C=O) groups is 1. The van der Waals surface area contributed by atoms with E-state index in [2.05, 4.69) is 15.7 Å². The second-order valence-electron chi connectivity index (χ2n) is 7.16. The lowest BCUT2D eigenvalue weighted by molar-refractivity contribution is -0.173. The molecule has 3 aromatic rings. The maximum absolute atomic E-state index is 13.9. The van der Waals surface area contributed by atoms with E-state index in [0.29, 0.717) is 16.3 Å². The van der Waals surface area contributed by atoms with Gasteiger partial charge in [-0.3, -0.25) is 4.79 Å². The molecule has 0 bridgehead atoms. The molecule has 0 spiro atoms. The third-order valence-electron chi connectivity index (χ3n) is 5.12. The molecule has 1 aromatic heterocycles. The minimum absolute atomic E-state index is 0.0719. The summed E-state index contributed by atoms with van der Waals surface area (Å²) < 4.78 is 47.5. The normalized spacial score (nSPS) is 17.9. The van der Waals surface area contributed by atoms with Gasteiger partial charge in [0, 0.05) is 11.4 Å². The van der Waals surface area contributed by atoms with Crippen LogP contribution in [-0.4, -0.2) is 29.0 Å². The molecular formula is C21H17Cl2F3N4O2. The summed E-state index contributed by atoms with van der Waals surface area (Å²) in [7, 11) is 1.41. The highest BCUT2D eigenvalue weighted by Gasteiger charge is 2.47. The zero-order chi connectivity index (χ0) is 23.0. The van der Waals surface area contributed by atoms with Gasteiger partial charge in [0.15, 0.2) is 11.7 Å². The van der Waals surface area contributed by atoms with Crippen LogP contribution in [0.15, 0.2) is 48.5 Å². The molecule has 2 unspecified atom stereocenters. The van der Waals surface area contributed by atoms with Crippen molar-refractivity contribution in [2.45, 2.75) is 24.7 Å². The first kappa shape index (κ1) is 22.3. The number of carbonyl (C=O) groups excluding carboxylic acids is 1. The molecule has 2 atom stereocenters. The Morgan fingerprint density at radius 2 is 1.94 bits per heavy atom. The average Bonchev–Trinajstić information content (AvgIpc) is 3.10. The summed E-state index contributed by atoms with van der Waals surface area (Å²) in [6.07, 6.45) is -4.90. The highest BCUT2D eigenvalue weighted by Crippen LogP contribution is 2.46. The number of nitrogens with one attached hydrogen (secondary N) is 2. The van der Waals surface area contributed by atoms with E-state index in [9.17, 15) is 18.0 Å². The van der Waals surface area contributed by atoms with Gasteiger partial charge in [0.1, 0.15) is 16.6 Å². The Kier molecular flexibility index (Phi) is 5.96. The summed E-state index contributed by atoms with van der Waals surface area (Å²) in [6, 6.07) is 10.7. The standard InChI is InChI=1S/C21H17Cl2F3N4O2/c1-32-15-8-7-12(22)9-14(15)28-20(31)18-17(23)19-27-13(11-5-3-2-4-6-11)10-16(21(24,25)26)30(19)29-18/h2-9,13,16,27H,10H2,1H3,(H,28,31). The van der Waals surface area contributed by atoms with Crippen LogP contribution in [0.5, 0.6) is 5.75 Å². The topological polar surface area (TPSA) is 68.2 Å². The maximum atomic E-state index is 13.9. The fraction of sp³-hybridized carbons (Fsp3) is 0.238. The second kappa shape index (κ2) is 8.55. The number of hydrogen-bond donors (Lipinski definition) is 2. The third kappa shape index (κ3) is 4.22. The first-order valence-corrected chi connectivity index (χ1v) is 10.3. The van der Waals surface area contributed by atoms with Crippen molar-refractivity contribution < 1.29 is 22.7 Å². The fourth-order valence-electron chi connectivity index (χ4n) is 3.60. The molecule has 2 heterocycles. The predicted octanol–water partition coefficient (Wildman–Crippen LogP) is 6.11. The molecular weight excluding hydrogens is 468 g/mol. The van der Waals surface area contributed by atoms with E-state index < -0.39 is 24.2 Å². The largest absolute Gasteiger partial charge is 0.495 e. The van der Waals surface area contributed by atoms with Gasteiger partial charge in [-0.05, 0) is 23.8 Å². The van der Waals surface area contributed by atoms with Gasteiger partial charge < -0.3 is 15.4 Å². The molecule has 11 heteroatoms. The summed E-state index contributed by atoms with van der Waals surface area (Å²) in [6.45, 7) is 0. The molecule has 0 aliphatic carbocycles. The molecule has 0 fully saturated rings. The van der Waals surface area contributed by atoms with E-state index in [0.717, 1.165) is 4.68 Å². The van der Waals surface area contributed by atoms with E-state index in [-0.39, 0.29) is 28.6 Å². The molecule has 0 radical (unpaired) electrons. The zero-order valence-corrected chi connectivity index (χ0v) is 18.1. The number of rotatable bonds is 4. The first-order chi connectivity index (χ1) is 15.2. The number of anilines is 2. The number of halogens is 5. The minimum Gasteiger partial charge on any atom is -0.495 e. The van der Waals surface area contributed by atoms with Crippen molar-refractivity contribution in [3.05, 3.63) is 69.8 Å². The van der Waals surface area contributed by atoms with Gasteiger partial charge in [-0.15, -0.1) is 0 Å². The van der Waals surface area contributed by atoms with Gasteiger partial charge in [-0.2, -0.15) is 18.3 Å². The number of benzene rings is 2. The molecule has 4 rings (SSSR count). The van der Waals surface area contributed by atoms with Crippen molar-refractivity contribution in [3.63, 3.8) is 0 Å². The van der Waals surface area contributed by atoms with E-state index in [1.165, 1.54) is 13.2 Å². The van der Waals surface area contributed by atoms with Crippen LogP contribution in [0.3, 0.4) is 0 Å². The summed E-state index contributed by atoms with van der Waals surface area (Å²) >= 11 is 12.3. The van der Waals surface area contributed by atoms with Crippen molar-refractivity contribution in [3.8, 4) is 5.75 Å². The second-order valence-corrected chi connectivity index (χ2v) is 7.97. The highest BCUT2D eigenvalue weighted by molar-refractivity contribution is 6.36. The molecule has 168 valence electrons. The molecule has 0 saturated heterocycles. The van der Waals surface area contributed by atoms with E-state index in [4.69, 9.17) is 27.9 Å². The fourth-order valence-corrected chi connectivity index (χ4v) is 4.03. The molecule has 1 amide bonds. The smallest absolute Gasteiger partial charge is 0.410 e. The number of methoxy groups -OCH3 is 1. The van der Waals surface area contributed by atoms with E-state index in [1.54, 1.807) is 42.5 Å². The lowest BCUT2D eigenvalue weighted by atomic mass is 9.97. The highest BCUT2D eigenvalue weighted by atomic mass is 35.5. The van der Waals surface area contributed by atoms with Crippen molar-refractivity contribution >= 4 is 40.6 Å². The number of nitrogens with zero attached hydrogens (tertiary/aromatic N) is 2. The average molecular weight is 485 g/mol. The van der Waals surface area contributed by atoms with Gasteiger partial charge in [-0.25, -0.2) is 4.68 Å². The van der Waals surface area contributed by atoms with Crippen molar-refractivity contribution in [1.82, 2.24) is 9.78 Å². The Labute approximate surface area is 191 Å². The van der Waals surface area contributed by atoms with E-state index in [1.807, 2.05) is 0 Å². The van der Waals surface area contributed by atoms with Crippen LogP contribution in [0.1, 0.15) is 34.6 Å². The molecule has 6 nitrogen and oxygen atoms in total. The maximum Gasteiger partial charge on any atom is 0.410 e. The van der Waals surface area contributed by atoms with Crippen LogP contribution in [-0.2, 0) is 0 Å². The van der Waals surface area contributed by atoms with Crippen molar-refractivity contribution in [2.24, 2.45) is 0 Å². The van der Waals surface area contributed by atoms with Crippen LogP contribution in [0.25, 0.3) is 0 Å². The van der Waals surface area contributed by atoms with Crippen LogP contribution in [0.2, 0.25) is 10.0 Å². The lowest BCUT2D eigenvalue weighted by Crippen LogP contribution is -2.35. The molecule has 1 aliphatic rings. The predicted molar refractivity (Wildman–Crippen MR) is 116 cm³/mol. The lowest BCUT2D eigenvalue weighted by Gasteiger charge is -2.33. The number of fused-ring (bicyclic) bond motifs is 1. The Morgan fingerprint density at radius 3 is 2.59 bits per heavy atom. The number of hydrogen-bond acceptors (Lipinski definition) is 4. The molecule has 2 aromatic carbocycles. The Hall–Kier alpha value is -2.91. The minimum atomic E-state index is -4.59. The van der Waals surface area contributed by atoms with Crippen LogP contribution in [0.4, 0.5) is 24.7 Å². The Balaban J connectivity index is 1.71. The van der Waals surface area contributed by atoms with Crippen LogP contribution >= 0.6 is 23.2 Å². The SMILES string of the molecule is COc1ccc(Cl)cc1NC(=O)c1nn2c(c1Cl)NC(c1ccccc1)CC2C(F)(F)F. The number of aromatic nitrogens is 2. The number of amides is 1. The summed E-state index contributed by atoms with van der Waals surface area (Å²) in [5.74, 6) is -0.549. The van der Waals surface area contributed by atoms with Gasteiger partial charge in [0.05, 0.1) is 18.8 Å². The molecule has 0 saturated carbocycles. The van der Waals surface area contributed by atoms with Gasteiger partial charge in [0.2, 0.25) is 0 Å². The van der Waals surface area contributed by atoms with Gasteiger partial charge in [0.25, 0.3) is 5.91 Å². The van der Waals surface area contributed by atoms with Crippen LogP contribution in [0, 0.1) is 0 Å². The first-order valence-electron chi connectivity index (χ1n) is 9.50. The quantitative estimate of drug-likeness (QED) is 0.468.